The summed E-state index contributed by atoms with van der Waals surface area (Å²) < 4.78 is 0. The summed E-state index contributed by atoms with van der Waals surface area (Å²) in [6, 6.07) is 5.57. The lowest BCUT2D eigenvalue weighted by Gasteiger charge is -2.31. The molecule has 0 amide bonds. The minimum absolute atomic E-state index is 0.0383. The first kappa shape index (κ1) is 13.4. The van der Waals surface area contributed by atoms with Gasteiger partial charge in [0.05, 0.1) is 17.1 Å². The van der Waals surface area contributed by atoms with Crippen LogP contribution in [0.4, 0.5) is 0 Å². The van der Waals surface area contributed by atoms with Crippen LogP contribution in [0.15, 0.2) is 18.2 Å². The molecule has 18 heavy (non-hydrogen) atoms. The lowest BCUT2D eigenvalue weighted by molar-refractivity contribution is 0.101. The monoisotopic (exact) mass is 266 g/mol. The number of halogens is 1. The Balaban J connectivity index is 2.52. The number of rotatable bonds is 2. The SMILES string of the molecule is C[C@@H](O)C(c1nc2ccc(Cl)cc2[nH]1)C(C)(C)C. The van der Waals surface area contributed by atoms with E-state index >= 15 is 0 Å². The fraction of sp³-hybridized carbons (Fsp3) is 0.500. The summed E-state index contributed by atoms with van der Waals surface area (Å²) in [5.41, 5.74) is 1.72. The van der Waals surface area contributed by atoms with Gasteiger partial charge in [-0.15, -0.1) is 0 Å². The molecule has 1 aromatic carbocycles. The second kappa shape index (κ2) is 4.56. The van der Waals surface area contributed by atoms with E-state index in [0.29, 0.717) is 5.02 Å². The topological polar surface area (TPSA) is 48.9 Å². The van der Waals surface area contributed by atoms with Crippen LogP contribution < -0.4 is 0 Å². The molecule has 0 saturated heterocycles. The lowest BCUT2D eigenvalue weighted by atomic mass is 9.77. The van der Waals surface area contributed by atoms with E-state index in [-0.39, 0.29) is 11.3 Å². The molecule has 0 radical (unpaired) electrons. The average molecular weight is 267 g/mol. The summed E-state index contributed by atoms with van der Waals surface area (Å²) in [5, 5.41) is 10.7. The Bertz CT molecular complexity index is 554. The van der Waals surface area contributed by atoms with Crippen LogP contribution in [0.3, 0.4) is 0 Å². The number of hydrogen-bond acceptors (Lipinski definition) is 2. The van der Waals surface area contributed by atoms with Crippen molar-refractivity contribution in [1.29, 1.82) is 0 Å². The molecular formula is C14H19ClN2O. The zero-order valence-corrected chi connectivity index (χ0v) is 11.9. The molecule has 4 heteroatoms. The second-order valence-corrected chi connectivity index (χ2v) is 6.30. The van der Waals surface area contributed by atoms with Gasteiger partial charge in [-0.1, -0.05) is 32.4 Å². The lowest BCUT2D eigenvalue weighted by Crippen LogP contribution is -2.29. The minimum atomic E-state index is -0.457. The fourth-order valence-electron chi connectivity index (χ4n) is 2.51. The van der Waals surface area contributed by atoms with Gasteiger partial charge in [-0.2, -0.15) is 0 Å². The van der Waals surface area contributed by atoms with E-state index in [1.54, 1.807) is 6.92 Å². The van der Waals surface area contributed by atoms with E-state index in [1.165, 1.54) is 0 Å². The summed E-state index contributed by atoms with van der Waals surface area (Å²) in [7, 11) is 0. The highest BCUT2D eigenvalue weighted by Crippen LogP contribution is 2.37. The van der Waals surface area contributed by atoms with Crippen LogP contribution in [-0.4, -0.2) is 21.2 Å². The van der Waals surface area contributed by atoms with Gasteiger partial charge in [-0.3, -0.25) is 0 Å². The van der Waals surface area contributed by atoms with Crippen LogP contribution in [0, 0.1) is 5.41 Å². The predicted molar refractivity (Wildman–Crippen MR) is 75.0 cm³/mol. The third-order valence-corrected chi connectivity index (χ3v) is 3.41. The second-order valence-electron chi connectivity index (χ2n) is 5.87. The summed E-state index contributed by atoms with van der Waals surface area (Å²) >= 11 is 5.96. The maximum absolute atomic E-state index is 9.99. The number of H-pyrrole nitrogens is 1. The highest BCUT2D eigenvalue weighted by Gasteiger charge is 2.32. The maximum atomic E-state index is 9.99. The van der Waals surface area contributed by atoms with E-state index in [1.807, 2.05) is 18.2 Å². The van der Waals surface area contributed by atoms with Gasteiger partial charge in [0, 0.05) is 10.9 Å². The number of hydrogen-bond donors (Lipinski definition) is 2. The molecule has 3 nitrogen and oxygen atoms in total. The Labute approximate surface area is 112 Å². The van der Waals surface area contributed by atoms with Crippen molar-refractivity contribution in [3.63, 3.8) is 0 Å². The van der Waals surface area contributed by atoms with Gasteiger partial charge in [-0.25, -0.2) is 4.98 Å². The maximum Gasteiger partial charge on any atom is 0.113 e. The van der Waals surface area contributed by atoms with Crippen molar-refractivity contribution in [2.75, 3.05) is 0 Å². The molecule has 1 aromatic heterocycles. The third-order valence-electron chi connectivity index (χ3n) is 3.17. The van der Waals surface area contributed by atoms with Gasteiger partial charge in [0.2, 0.25) is 0 Å². The van der Waals surface area contributed by atoms with Crippen molar-refractivity contribution < 1.29 is 5.11 Å². The van der Waals surface area contributed by atoms with Crippen molar-refractivity contribution in [3.05, 3.63) is 29.0 Å². The van der Waals surface area contributed by atoms with Crippen LogP contribution in [0.5, 0.6) is 0 Å². The van der Waals surface area contributed by atoms with Crippen LogP contribution in [0.1, 0.15) is 39.4 Å². The van der Waals surface area contributed by atoms with Gasteiger partial charge in [0.1, 0.15) is 5.82 Å². The smallest absolute Gasteiger partial charge is 0.113 e. The van der Waals surface area contributed by atoms with Crippen LogP contribution in [0.2, 0.25) is 5.02 Å². The molecule has 0 aliphatic heterocycles. The molecule has 1 unspecified atom stereocenters. The summed E-state index contributed by atoms with van der Waals surface area (Å²) in [6.07, 6.45) is -0.457. The van der Waals surface area contributed by atoms with E-state index in [9.17, 15) is 5.11 Å². The van der Waals surface area contributed by atoms with Crippen LogP contribution in [0.25, 0.3) is 11.0 Å². The number of imidazole rings is 1. The molecule has 98 valence electrons. The van der Waals surface area contributed by atoms with Gasteiger partial charge in [0.15, 0.2) is 0 Å². The summed E-state index contributed by atoms with van der Waals surface area (Å²) in [4.78, 5) is 7.84. The summed E-state index contributed by atoms with van der Waals surface area (Å²) in [6.45, 7) is 8.11. The number of aromatic amines is 1. The molecule has 0 aliphatic rings. The van der Waals surface area contributed by atoms with Crippen molar-refractivity contribution in [1.82, 2.24) is 9.97 Å². The van der Waals surface area contributed by atoms with Crippen molar-refractivity contribution in [2.24, 2.45) is 5.41 Å². The number of aliphatic hydroxyl groups excluding tert-OH is 1. The molecule has 0 saturated carbocycles. The largest absolute Gasteiger partial charge is 0.393 e. The normalized spacial score (nSPS) is 15.9. The molecule has 0 spiro atoms. The zero-order chi connectivity index (χ0) is 13.5. The number of fused-ring (bicyclic) bond motifs is 1. The molecule has 1 heterocycles. The van der Waals surface area contributed by atoms with Gasteiger partial charge < -0.3 is 10.1 Å². The summed E-state index contributed by atoms with van der Waals surface area (Å²) in [5.74, 6) is 0.776. The Morgan fingerprint density at radius 1 is 1.33 bits per heavy atom. The Hall–Kier alpha value is -1.06. The Morgan fingerprint density at radius 3 is 2.56 bits per heavy atom. The number of nitrogens with zero attached hydrogens (tertiary/aromatic N) is 1. The van der Waals surface area contributed by atoms with Crippen LogP contribution >= 0.6 is 11.6 Å². The first-order valence-corrected chi connectivity index (χ1v) is 6.50. The molecule has 2 atom stereocenters. The number of aromatic nitrogens is 2. The molecule has 0 aliphatic carbocycles. The van der Waals surface area contributed by atoms with E-state index < -0.39 is 6.10 Å². The molecule has 0 bridgehead atoms. The Kier molecular flexibility index (Phi) is 3.39. The Morgan fingerprint density at radius 2 is 2.00 bits per heavy atom. The fourth-order valence-corrected chi connectivity index (χ4v) is 2.68. The van der Waals surface area contributed by atoms with E-state index in [4.69, 9.17) is 11.6 Å². The molecule has 2 aromatic rings. The van der Waals surface area contributed by atoms with E-state index in [0.717, 1.165) is 16.9 Å². The van der Waals surface area contributed by atoms with Gasteiger partial charge >= 0.3 is 0 Å². The standard InChI is InChI=1S/C14H19ClN2O/c1-8(18)12(14(2,3)4)13-16-10-6-5-9(15)7-11(10)17-13/h5-8,12,18H,1-4H3,(H,16,17)/t8-,12?/m1/s1. The van der Waals surface area contributed by atoms with E-state index in [2.05, 4.69) is 30.7 Å². The third kappa shape index (κ3) is 2.52. The van der Waals surface area contributed by atoms with Gasteiger partial charge in [-0.05, 0) is 30.5 Å². The molecule has 0 fully saturated rings. The highest BCUT2D eigenvalue weighted by atomic mass is 35.5. The average Bonchev–Trinajstić information content (AvgIpc) is 2.56. The van der Waals surface area contributed by atoms with Crippen molar-refractivity contribution in [2.45, 2.75) is 39.7 Å². The van der Waals surface area contributed by atoms with Crippen molar-refractivity contribution in [3.8, 4) is 0 Å². The minimum Gasteiger partial charge on any atom is -0.393 e. The number of benzene rings is 1. The molecule has 2 N–H and O–H groups in total. The number of aliphatic hydroxyl groups is 1. The predicted octanol–water partition coefficient (Wildman–Crippen LogP) is 3.73. The highest BCUT2D eigenvalue weighted by molar-refractivity contribution is 6.31. The first-order chi connectivity index (χ1) is 8.29. The molecule has 2 rings (SSSR count). The van der Waals surface area contributed by atoms with Crippen molar-refractivity contribution >= 4 is 22.6 Å². The quantitative estimate of drug-likeness (QED) is 0.870. The van der Waals surface area contributed by atoms with Crippen LogP contribution in [-0.2, 0) is 0 Å². The van der Waals surface area contributed by atoms with Gasteiger partial charge in [0.25, 0.3) is 0 Å². The first-order valence-electron chi connectivity index (χ1n) is 6.12. The molecular weight excluding hydrogens is 248 g/mol. The number of nitrogens with one attached hydrogen (secondary N) is 1. The zero-order valence-electron chi connectivity index (χ0n) is 11.2.